The van der Waals surface area contributed by atoms with Crippen LogP contribution in [-0.2, 0) is 17.7 Å². The number of rotatable bonds is 7. The van der Waals surface area contributed by atoms with Crippen LogP contribution in [0.5, 0.6) is 0 Å². The van der Waals surface area contributed by atoms with Crippen molar-refractivity contribution >= 4 is 17.2 Å². The van der Waals surface area contributed by atoms with E-state index in [2.05, 4.69) is 44.2 Å². The fraction of sp³-hybridized carbons (Fsp3) is 0.588. The third-order valence-corrected chi connectivity index (χ3v) is 5.24. The van der Waals surface area contributed by atoms with E-state index in [1.807, 2.05) is 12.1 Å². The van der Waals surface area contributed by atoms with E-state index >= 15 is 0 Å². The van der Waals surface area contributed by atoms with Crippen molar-refractivity contribution in [1.82, 2.24) is 20.1 Å². The summed E-state index contributed by atoms with van der Waals surface area (Å²) < 4.78 is 5.98. The first kappa shape index (κ1) is 17.3. The molecule has 0 unspecified atom stereocenters. The van der Waals surface area contributed by atoms with Crippen LogP contribution in [0.25, 0.3) is 0 Å². The van der Waals surface area contributed by atoms with Gasteiger partial charge in [0.25, 0.3) is 0 Å². The maximum atomic E-state index is 5.98. The molecule has 2 aromatic heterocycles. The van der Waals surface area contributed by atoms with Crippen LogP contribution in [0.1, 0.15) is 24.5 Å². The molecule has 130 valence electrons. The van der Waals surface area contributed by atoms with Gasteiger partial charge in [0.1, 0.15) is 0 Å². The fourth-order valence-electron chi connectivity index (χ4n) is 2.94. The molecule has 0 bridgehead atoms. The molecule has 0 radical (unpaired) electrons. The molecule has 1 atom stereocenters. The number of nitrogens with zero attached hydrogens (tertiary/aromatic N) is 5. The Labute approximate surface area is 147 Å². The number of aromatic nitrogens is 3. The lowest BCUT2D eigenvalue weighted by Gasteiger charge is -2.35. The van der Waals surface area contributed by atoms with E-state index in [1.165, 1.54) is 10.7 Å². The monoisotopic (exact) mass is 347 g/mol. The average Bonchev–Trinajstić information content (AvgIpc) is 3.08. The van der Waals surface area contributed by atoms with E-state index in [-0.39, 0.29) is 6.10 Å². The molecule has 7 heteroatoms. The Morgan fingerprint density at radius 3 is 3.04 bits per heavy atom. The van der Waals surface area contributed by atoms with Gasteiger partial charge in [-0.3, -0.25) is 4.90 Å². The van der Waals surface area contributed by atoms with E-state index in [4.69, 9.17) is 4.74 Å². The molecule has 0 spiro atoms. The molecule has 3 rings (SSSR count). The number of aryl methyl sites for hydroxylation is 1. The summed E-state index contributed by atoms with van der Waals surface area (Å²) in [7, 11) is 0. The number of ether oxygens (including phenoxy) is 1. The lowest BCUT2D eigenvalue weighted by molar-refractivity contribution is -0.0271. The van der Waals surface area contributed by atoms with Gasteiger partial charge >= 0.3 is 0 Å². The fourth-order valence-corrected chi connectivity index (χ4v) is 3.68. The van der Waals surface area contributed by atoms with Crippen LogP contribution < -0.4 is 4.90 Å². The summed E-state index contributed by atoms with van der Waals surface area (Å²) >= 11 is 1.76. The molecule has 3 heterocycles. The van der Waals surface area contributed by atoms with Crippen molar-refractivity contribution in [2.45, 2.75) is 32.9 Å². The van der Waals surface area contributed by atoms with Gasteiger partial charge in [0.05, 0.1) is 23.4 Å². The molecule has 1 saturated heterocycles. The van der Waals surface area contributed by atoms with Gasteiger partial charge < -0.3 is 9.64 Å². The highest BCUT2D eigenvalue weighted by Gasteiger charge is 2.23. The van der Waals surface area contributed by atoms with Gasteiger partial charge in [-0.1, -0.05) is 6.92 Å². The van der Waals surface area contributed by atoms with E-state index in [0.29, 0.717) is 0 Å². The predicted octanol–water partition coefficient (Wildman–Crippen LogP) is 2.22. The van der Waals surface area contributed by atoms with Crippen LogP contribution >= 0.6 is 11.3 Å². The summed E-state index contributed by atoms with van der Waals surface area (Å²) in [4.78, 5) is 9.34. The summed E-state index contributed by atoms with van der Waals surface area (Å²) in [6.07, 6.45) is 2.90. The van der Waals surface area contributed by atoms with Gasteiger partial charge in [0, 0.05) is 44.3 Å². The quantitative estimate of drug-likeness (QED) is 0.765. The highest BCUT2D eigenvalue weighted by Crippen LogP contribution is 2.16. The maximum absolute atomic E-state index is 5.98. The second-order valence-electron chi connectivity index (χ2n) is 5.93. The molecule has 0 amide bonds. The SMILES string of the molecule is CCc1nc(CN2CCO[C@H](CN(CC)c3cccnn3)C2)cs1. The highest BCUT2D eigenvalue weighted by molar-refractivity contribution is 7.09. The molecule has 1 aliphatic rings. The smallest absolute Gasteiger partial charge is 0.151 e. The molecular formula is C17H25N5OS. The standard InChI is InChI=1S/C17H25N5OS/c1-3-17-19-14(13-24-17)10-21-8-9-23-15(11-21)12-22(4-2)16-6-5-7-18-20-16/h5-7,13,15H,3-4,8-12H2,1-2H3/t15-/m0/s1. The molecule has 0 saturated carbocycles. The van der Waals surface area contributed by atoms with Crippen LogP contribution in [0.4, 0.5) is 5.82 Å². The van der Waals surface area contributed by atoms with E-state index in [9.17, 15) is 0 Å². The number of hydrogen-bond acceptors (Lipinski definition) is 7. The lowest BCUT2D eigenvalue weighted by atomic mass is 10.2. The van der Waals surface area contributed by atoms with Crippen LogP contribution in [0.3, 0.4) is 0 Å². The number of morpholine rings is 1. The zero-order chi connectivity index (χ0) is 16.8. The number of anilines is 1. The van der Waals surface area contributed by atoms with Crippen molar-refractivity contribution in [1.29, 1.82) is 0 Å². The highest BCUT2D eigenvalue weighted by atomic mass is 32.1. The van der Waals surface area contributed by atoms with E-state index in [1.54, 1.807) is 17.5 Å². The molecular weight excluding hydrogens is 322 g/mol. The van der Waals surface area contributed by atoms with Crippen LogP contribution in [0.2, 0.25) is 0 Å². The second kappa shape index (κ2) is 8.50. The van der Waals surface area contributed by atoms with E-state index in [0.717, 1.165) is 51.6 Å². The van der Waals surface area contributed by atoms with Crippen LogP contribution in [0.15, 0.2) is 23.7 Å². The molecule has 0 N–H and O–H groups in total. The zero-order valence-electron chi connectivity index (χ0n) is 14.4. The van der Waals surface area contributed by atoms with Gasteiger partial charge in [-0.2, -0.15) is 5.10 Å². The maximum Gasteiger partial charge on any atom is 0.151 e. The Hall–Kier alpha value is -1.57. The minimum atomic E-state index is 0.185. The van der Waals surface area contributed by atoms with Gasteiger partial charge in [0.2, 0.25) is 0 Å². The number of hydrogen-bond donors (Lipinski definition) is 0. The third-order valence-electron chi connectivity index (χ3n) is 4.20. The predicted molar refractivity (Wildman–Crippen MR) is 96.4 cm³/mol. The Morgan fingerprint density at radius 2 is 2.33 bits per heavy atom. The van der Waals surface area contributed by atoms with Crippen molar-refractivity contribution in [3.05, 3.63) is 34.4 Å². The Balaban J connectivity index is 1.56. The van der Waals surface area contributed by atoms with Crippen molar-refractivity contribution in [2.24, 2.45) is 0 Å². The molecule has 1 aliphatic heterocycles. The van der Waals surface area contributed by atoms with Gasteiger partial charge in [-0.15, -0.1) is 16.4 Å². The summed E-state index contributed by atoms with van der Waals surface area (Å²) in [5, 5.41) is 11.6. The second-order valence-corrected chi connectivity index (χ2v) is 6.88. The Bertz CT molecular complexity index is 620. The Morgan fingerprint density at radius 1 is 1.42 bits per heavy atom. The van der Waals surface area contributed by atoms with Crippen molar-refractivity contribution in [2.75, 3.05) is 37.7 Å². The zero-order valence-corrected chi connectivity index (χ0v) is 15.2. The van der Waals surface area contributed by atoms with Crippen molar-refractivity contribution in [3.63, 3.8) is 0 Å². The summed E-state index contributed by atoms with van der Waals surface area (Å²) in [6, 6.07) is 3.92. The lowest BCUT2D eigenvalue weighted by Crippen LogP contribution is -2.47. The van der Waals surface area contributed by atoms with E-state index < -0.39 is 0 Å². The largest absolute Gasteiger partial charge is 0.374 e. The number of thiazole rings is 1. The molecule has 0 aliphatic carbocycles. The molecule has 1 fully saturated rings. The van der Waals surface area contributed by atoms with Crippen molar-refractivity contribution in [3.8, 4) is 0 Å². The van der Waals surface area contributed by atoms with Crippen LogP contribution in [-0.4, -0.2) is 59.0 Å². The van der Waals surface area contributed by atoms with Gasteiger partial charge in [-0.05, 0) is 25.5 Å². The van der Waals surface area contributed by atoms with Crippen molar-refractivity contribution < 1.29 is 4.74 Å². The third kappa shape index (κ3) is 4.49. The summed E-state index contributed by atoms with van der Waals surface area (Å²) in [5.74, 6) is 0.910. The first-order valence-electron chi connectivity index (χ1n) is 8.58. The summed E-state index contributed by atoms with van der Waals surface area (Å²) in [5.41, 5.74) is 1.18. The Kier molecular flexibility index (Phi) is 6.12. The van der Waals surface area contributed by atoms with Gasteiger partial charge in [0.15, 0.2) is 5.82 Å². The normalized spacial score (nSPS) is 18.7. The topological polar surface area (TPSA) is 54.4 Å². The minimum Gasteiger partial charge on any atom is -0.374 e. The van der Waals surface area contributed by atoms with Gasteiger partial charge in [-0.25, -0.2) is 4.98 Å². The number of likely N-dealkylation sites (N-methyl/N-ethyl adjacent to an activating group) is 1. The molecule has 6 nitrogen and oxygen atoms in total. The summed E-state index contributed by atoms with van der Waals surface area (Å²) in [6.45, 7) is 9.59. The van der Waals surface area contributed by atoms with Crippen LogP contribution in [0, 0.1) is 0 Å². The average molecular weight is 347 g/mol. The molecule has 0 aromatic carbocycles. The molecule has 24 heavy (non-hydrogen) atoms. The first-order valence-corrected chi connectivity index (χ1v) is 9.46. The first-order chi connectivity index (χ1) is 11.8. The molecule has 2 aromatic rings. The minimum absolute atomic E-state index is 0.185.